The van der Waals surface area contributed by atoms with Crippen molar-refractivity contribution in [3.8, 4) is 5.75 Å². The molecule has 3 rings (SSSR count). The largest absolute Gasteiger partial charge is 0.508 e. The maximum atomic E-state index is 11.9. The Morgan fingerprint density at radius 1 is 1.39 bits per heavy atom. The van der Waals surface area contributed by atoms with Gasteiger partial charge >= 0.3 is 5.69 Å². The molecule has 0 saturated carbocycles. The fraction of sp³-hybridized carbons (Fsp3) is 0.364. The normalized spacial score (nSPS) is 22.6. The highest BCUT2D eigenvalue weighted by molar-refractivity contribution is 7.91. The van der Waals surface area contributed by atoms with E-state index >= 15 is 0 Å². The summed E-state index contributed by atoms with van der Waals surface area (Å²) in [6.07, 6.45) is 0.454. The Morgan fingerprint density at radius 2 is 2.17 bits per heavy atom. The molecule has 18 heavy (non-hydrogen) atoms. The Hall–Kier alpha value is -1.76. The lowest BCUT2D eigenvalue weighted by Crippen LogP contribution is -2.23. The molecule has 0 spiro atoms. The first kappa shape index (κ1) is 11.3. The molecule has 2 heterocycles. The van der Waals surface area contributed by atoms with E-state index in [1.807, 2.05) is 0 Å². The van der Waals surface area contributed by atoms with Crippen molar-refractivity contribution in [1.29, 1.82) is 0 Å². The molecule has 0 aliphatic carbocycles. The van der Waals surface area contributed by atoms with E-state index in [4.69, 9.17) is 0 Å². The highest BCUT2D eigenvalue weighted by Gasteiger charge is 2.31. The van der Waals surface area contributed by atoms with Crippen LogP contribution in [0.15, 0.2) is 23.0 Å². The summed E-state index contributed by atoms with van der Waals surface area (Å²) in [4.78, 5) is 14.5. The summed E-state index contributed by atoms with van der Waals surface area (Å²) >= 11 is 0. The summed E-state index contributed by atoms with van der Waals surface area (Å²) in [7, 11) is -3.04. The predicted molar refractivity (Wildman–Crippen MR) is 66.5 cm³/mol. The Labute approximate surface area is 103 Å². The van der Waals surface area contributed by atoms with Gasteiger partial charge in [-0.1, -0.05) is 0 Å². The molecule has 1 aromatic heterocycles. The van der Waals surface area contributed by atoms with E-state index in [1.165, 1.54) is 16.7 Å². The number of nitrogens with zero attached hydrogens (tertiary/aromatic N) is 1. The fourth-order valence-corrected chi connectivity index (χ4v) is 4.16. The van der Waals surface area contributed by atoms with Gasteiger partial charge in [-0.25, -0.2) is 13.2 Å². The Morgan fingerprint density at radius 3 is 2.83 bits per heavy atom. The Bertz CT molecular complexity index is 772. The Kier molecular flexibility index (Phi) is 2.28. The van der Waals surface area contributed by atoms with Crippen molar-refractivity contribution in [1.82, 2.24) is 9.55 Å². The highest BCUT2D eigenvalue weighted by atomic mass is 32.2. The number of aromatic amines is 1. The van der Waals surface area contributed by atoms with Gasteiger partial charge in [0.2, 0.25) is 0 Å². The van der Waals surface area contributed by atoms with Crippen molar-refractivity contribution >= 4 is 20.9 Å². The molecule has 1 aliphatic rings. The van der Waals surface area contributed by atoms with Gasteiger partial charge in [0, 0.05) is 6.07 Å². The van der Waals surface area contributed by atoms with E-state index in [0.717, 1.165) is 0 Å². The number of imidazole rings is 1. The number of sulfone groups is 1. The molecular weight excluding hydrogens is 256 g/mol. The molecule has 0 bridgehead atoms. The zero-order valence-corrected chi connectivity index (χ0v) is 10.3. The van der Waals surface area contributed by atoms with Crippen LogP contribution in [0.25, 0.3) is 11.0 Å². The second-order valence-electron chi connectivity index (χ2n) is 4.56. The number of hydrogen-bond acceptors (Lipinski definition) is 4. The molecule has 1 saturated heterocycles. The minimum atomic E-state index is -3.04. The minimum absolute atomic E-state index is 0.000731. The predicted octanol–water partition coefficient (Wildman–Crippen LogP) is 0.395. The smallest absolute Gasteiger partial charge is 0.326 e. The van der Waals surface area contributed by atoms with Crippen LogP contribution in [0.3, 0.4) is 0 Å². The monoisotopic (exact) mass is 268 g/mol. The first-order chi connectivity index (χ1) is 8.46. The van der Waals surface area contributed by atoms with E-state index in [0.29, 0.717) is 17.5 Å². The summed E-state index contributed by atoms with van der Waals surface area (Å²) in [6, 6.07) is 4.24. The average Bonchev–Trinajstić information content (AvgIpc) is 2.77. The van der Waals surface area contributed by atoms with E-state index < -0.39 is 9.84 Å². The van der Waals surface area contributed by atoms with Crippen LogP contribution < -0.4 is 5.69 Å². The summed E-state index contributed by atoms with van der Waals surface area (Å²) in [5, 5.41) is 9.35. The second-order valence-corrected chi connectivity index (χ2v) is 6.79. The first-order valence-corrected chi connectivity index (χ1v) is 7.42. The van der Waals surface area contributed by atoms with Crippen molar-refractivity contribution in [2.45, 2.75) is 12.5 Å². The molecule has 96 valence electrons. The summed E-state index contributed by atoms with van der Waals surface area (Å²) in [5.74, 6) is 0.185. The molecule has 0 radical (unpaired) electrons. The highest BCUT2D eigenvalue weighted by Crippen LogP contribution is 2.26. The average molecular weight is 268 g/mol. The molecule has 1 aliphatic heterocycles. The lowest BCUT2D eigenvalue weighted by Gasteiger charge is -2.09. The quantitative estimate of drug-likeness (QED) is 0.782. The van der Waals surface area contributed by atoms with Gasteiger partial charge < -0.3 is 10.1 Å². The topological polar surface area (TPSA) is 92.2 Å². The van der Waals surface area contributed by atoms with Gasteiger partial charge in [0.25, 0.3) is 0 Å². The van der Waals surface area contributed by atoms with Crippen LogP contribution in [0.4, 0.5) is 0 Å². The van der Waals surface area contributed by atoms with Crippen molar-refractivity contribution in [3.05, 3.63) is 28.7 Å². The van der Waals surface area contributed by atoms with Gasteiger partial charge in [0.05, 0.1) is 28.6 Å². The third-order valence-electron chi connectivity index (χ3n) is 3.27. The molecular formula is C11H12N2O4S. The van der Waals surface area contributed by atoms with E-state index in [9.17, 15) is 18.3 Å². The lowest BCUT2D eigenvalue weighted by atomic mass is 10.2. The van der Waals surface area contributed by atoms with Crippen LogP contribution in [0.1, 0.15) is 12.5 Å². The number of nitrogens with one attached hydrogen (secondary N) is 1. The van der Waals surface area contributed by atoms with Gasteiger partial charge in [0.15, 0.2) is 9.84 Å². The summed E-state index contributed by atoms with van der Waals surface area (Å²) < 4.78 is 24.4. The Balaban J connectivity index is 2.18. The SMILES string of the molecule is O=c1[nH]c2cc(O)ccc2n1C1CCS(=O)(=O)C1. The number of fused-ring (bicyclic) bond motifs is 1. The zero-order chi connectivity index (χ0) is 12.9. The van der Waals surface area contributed by atoms with E-state index in [1.54, 1.807) is 6.07 Å². The van der Waals surface area contributed by atoms with Crippen LogP contribution in [-0.4, -0.2) is 34.6 Å². The van der Waals surface area contributed by atoms with E-state index in [2.05, 4.69) is 4.98 Å². The van der Waals surface area contributed by atoms with Crippen LogP contribution in [0, 0.1) is 0 Å². The number of rotatable bonds is 1. The van der Waals surface area contributed by atoms with E-state index in [-0.39, 0.29) is 29.0 Å². The maximum absolute atomic E-state index is 11.9. The second kappa shape index (κ2) is 3.61. The first-order valence-electron chi connectivity index (χ1n) is 5.60. The number of benzene rings is 1. The number of H-pyrrole nitrogens is 1. The lowest BCUT2D eigenvalue weighted by molar-refractivity contribution is 0.476. The minimum Gasteiger partial charge on any atom is -0.508 e. The van der Waals surface area contributed by atoms with Crippen molar-refractivity contribution in [2.24, 2.45) is 0 Å². The molecule has 1 aromatic carbocycles. The van der Waals surface area contributed by atoms with Crippen molar-refractivity contribution in [3.63, 3.8) is 0 Å². The fourth-order valence-electron chi connectivity index (χ4n) is 2.46. The zero-order valence-electron chi connectivity index (χ0n) is 9.46. The molecule has 1 fully saturated rings. The number of hydrogen-bond donors (Lipinski definition) is 2. The molecule has 7 heteroatoms. The van der Waals surface area contributed by atoms with Gasteiger partial charge in [-0.05, 0) is 18.6 Å². The van der Waals surface area contributed by atoms with Crippen LogP contribution >= 0.6 is 0 Å². The molecule has 1 atom stereocenters. The molecule has 2 N–H and O–H groups in total. The molecule has 0 amide bonds. The molecule has 6 nitrogen and oxygen atoms in total. The number of aromatic hydroxyl groups is 1. The van der Waals surface area contributed by atoms with Gasteiger partial charge in [-0.2, -0.15) is 0 Å². The van der Waals surface area contributed by atoms with Crippen LogP contribution in [-0.2, 0) is 9.84 Å². The van der Waals surface area contributed by atoms with Gasteiger partial charge in [-0.15, -0.1) is 0 Å². The summed E-state index contributed by atoms with van der Waals surface area (Å²) in [5.41, 5.74) is 0.807. The van der Waals surface area contributed by atoms with Crippen molar-refractivity contribution < 1.29 is 13.5 Å². The standard InChI is InChI=1S/C11H12N2O4S/c14-8-1-2-10-9(5-8)12-11(15)13(10)7-3-4-18(16,17)6-7/h1-2,5,7,14H,3-4,6H2,(H,12,15). The third kappa shape index (κ3) is 1.71. The number of phenolic OH excluding ortho intramolecular Hbond substituents is 1. The van der Waals surface area contributed by atoms with Gasteiger partial charge in [0.1, 0.15) is 5.75 Å². The van der Waals surface area contributed by atoms with Crippen LogP contribution in [0.5, 0.6) is 5.75 Å². The maximum Gasteiger partial charge on any atom is 0.326 e. The number of phenols is 1. The number of aromatic nitrogens is 2. The summed E-state index contributed by atoms with van der Waals surface area (Å²) in [6.45, 7) is 0. The van der Waals surface area contributed by atoms with Crippen molar-refractivity contribution in [2.75, 3.05) is 11.5 Å². The molecule has 1 unspecified atom stereocenters. The molecule has 2 aromatic rings. The third-order valence-corrected chi connectivity index (χ3v) is 5.02. The van der Waals surface area contributed by atoms with Gasteiger partial charge in [-0.3, -0.25) is 4.57 Å². The van der Waals surface area contributed by atoms with Crippen LogP contribution in [0.2, 0.25) is 0 Å².